The second kappa shape index (κ2) is 22.5. The molecule has 6 aromatic carbocycles. The van der Waals surface area contributed by atoms with Crippen LogP contribution in [-0.4, -0.2) is 4.21 Å². The first kappa shape index (κ1) is 53.4. The minimum atomic E-state index is 0. The number of hydrogen-bond acceptors (Lipinski definition) is 0. The molecule has 318 valence electrons. The molecule has 6 aromatic rings. The molecule has 2 aliphatic rings. The van der Waals surface area contributed by atoms with E-state index in [9.17, 15) is 0 Å². The van der Waals surface area contributed by atoms with Crippen LogP contribution in [0.3, 0.4) is 0 Å². The van der Waals surface area contributed by atoms with Gasteiger partial charge in [0.2, 0.25) is 0 Å². The quantitative estimate of drug-likeness (QED) is 0.133. The second-order valence-corrected chi connectivity index (χ2v) is 19.7. The topological polar surface area (TPSA) is 0 Å². The summed E-state index contributed by atoms with van der Waals surface area (Å²) in [5.74, 6) is 0. The molecular weight excluding hydrogens is 894 g/mol. The molecule has 0 saturated carbocycles. The van der Waals surface area contributed by atoms with Gasteiger partial charge in [-0.05, 0) is 49.4 Å². The Morgan fingerprint density at radius 2 is 1.02 bits per heavy atom. The zero-order valence-electron chi connectivity index (χ0n) is 37.6. The van der Waals surface area contributed by atoms with Crippen molar-refractivity contribution in [3.8, 4) is 11.1 Å². The minimum absolute atomic E-state index is 0. The van der Waals surface area contributed by atoms with Gasteiger partial charge in [-0.2, -0.15) is 23.8 Å². The van der Waals surface area contributed by atoms with E-state index in [0.717, 1.165) is 44.4 Å². The van der Waals surface area contributed by atoms with Crippen molar-refractivity contribution in [2.45, 2.75) is 118 Å². The molecule has 0 radical (unpaired) electrons. The molecule has 0 nitrogen and oxygen atoms in total. The Morgan fingerprint density at radius 3 is 1.40 bits per heavy atom. The summed E-state index contributed by atoms with van der Waals surface area (Å²) in [6, 6.07) is 40.9. The van der Waals surface area contributed by atoms with Crippen LogP contribution in [0.1, 0.15) is 123 Å². The molecule has 0 N–H and O–H groups in total. The number of rotatable bonds is 0. The molecule has 8 rings (SSSR count). The predicted molar refractivity (Wildman–Crippen MR) is 267 cm³/mol. The van der Waals surface area contributed by atoms with Crippen molar-refractivity contribution in [1.29, 1.82) is 0 Å². The third kappa shape index (κ3) is 13.9. The van der Waals surface area contributed by atoms with E-state index in [2.05, 4.69) is 136 Å². The number of allylic oxidation sites excluding steroid dienone is 4. The molecule has 2 aliphatic carbocycles. The molecule has 0 heterocycles. The average molecular weight is 956 g/mol. The Bertz CT molecular complexity index is 2220. The molecule has 0 fully saturated rings. The summed E-state index contributed by atoms with van der Waals surface area (Å²) in [6.45, 7) is 28.0. The summed E-state index contributed by atoms with van der Waals surface area (Å²) in [5.41, 5.74) is 11.9. The summed E-state index contributed by atoms with van der Waals surface area (Å²) >= 11 is 13.2. The van der Waals surface area contributed by atoms with Crippen LogP contribution in [0.4, 0.5) is 0 Å². The average Bonchev–Trinajstić information content (AvgIpc) is 3.86. The fraction of sp³-hybridized carbons (Fsp3) is 0.327. The summed E-state index contributed by atoms with van der Waals surface area (Å²) in [4.78, 5) is 0. The zero-order valence-corrected chi connectivity index (χ0v) is 43.2. The fourth-order valence-corrected chi connectivity index (χ4v) is 7.64. The van der Waals surface area contributed by atoms with Crippen LogP contribution in [-0.2, 0) is 52.3 Å². The van der Waals surface area contributed by atoms with Crippen LogP contribution in [0.15, 0.2) is 109 Å². The van der Waals surface area contributed by atoms with Crippen molar-refractivity contribution >= 4 is 73.8 Å². The van der Waals surface area contributed by atoms with E-state index in [-0.39, 0.29) is 46.5 Å². The Labute approximate surface area is 400 Å². The van der Waals surface area contributed by atoms with Gasteiger partial charge in [0.25, 0.3) is 0 Å². The molecule has 0 amide bonds. The van der Waals surface area contributed by atoms with Gasteiger partial charge in [0.1, 0.15) is 0 Å². The first-order valence-corrected chi connectivity index (χ1v) is 22.6. The second-order valence-electron chi connectivity index (χ2n) is 18.9. The van der Waals surface area contributed by atoms with Gasteiger partial charge in [0.15, 0.2) is 0 Å². The van der Waals surface area contributed by atoms with Crippen molar-refractivity contribution in [2.24, 2.45) is 0 Å². The molecule has 0 aromatic heterocycles. The van der Waals surface area contributed by atoms with Crippen LogP contribution in [0.2, 0.25) is 10.0 Å². The molecular formula is C55H62Cl4Zr-4. The van der Waals surface area contributed by atoms with E-state index in [1.54, 1.807) is 0 Å². The van der Waals surface area contributed by atoms with E-state index < -0.39 is 0 Å². The molecule has 0 unspecified atom stereocenters. The summed E-state index contributed by atoms with van der Waals surface area (Å²) < 4.78 is 3.34. The number of hydrogen-bond donors (Lipinski definition) is 0. The van der Waals surface area contributed by atoms with E-state index >= 15 is 0 Å². The fourth-order valence-electron chi connectivity index (χ4n) is 7.19. The maximum atomic E-state index is 5.94. The first-order chi connectivity index (χ1) is 27.2. The third-order valence-electron chi connectivity index (χ3n) is 10.1. The van der Waals surface area contributed by atoms with Crippen molar-refractivity contribution in [3.05, 3.63) is 177 Å². The third-order valence-corrected chi connectivity index (χ3v) is 10.8. The van der Waals surface area contributed by atoms with Crippen molar-refractivity contribution < 1.29 is 24.2 Å². The van der Waals surface area contributed by atoms with Gasteiger partial charge in [-0.15, -0.1) is 143 Å². The molecule has 0 aliphatic heterocycles. The Hall–Kier alpha value is -2.77. The molecule has 0 saturated heterocycles. The standard InChI is InChI=1S/C29H41.2C10H6Cl.C5H5.CH2.2ClH.Zr/c1-26(2,3)22-14-18-13-19-15-23(27(4,5)6)25(29(10,11)12)17-21(19)20(18)16-24(22)28(7,8)9;2*11-10-7-3-5-8-4-1-2-6-9(8)10;1-2-4-5-3-1;;;;/h14,16-17H,13H2,1-12H3;2*1-4,6-7H;1-3H,4H2;1H2;2*1H;/q4*-1;;;;. The van der Waals surface area contributed by atoms with Crippen molar-refractivity contribution in [1.82, 2.24) is 0 Å². The molecule has 60 heavy (non-hydrogen) atoms. The van der Waals surface area contributed by atoms with E-state index in [1.807, 2.05) is 84.9 Å². The number of fused-ring (bicyclic) bond motifs is 5. The zero-order chi connectivity index (χ0) is 43.1. The van der Waals surface area contributed by atoms with E-state index in [4.69, 9.17) is 23.2 Å². The molecule has 0 bridgehead atoms. The molecule has 5 heteroatoms. The van der Waals surface area contributed by atoms with Gasteiger partial charge in [-0.3, -0.25) is 6.08 Å². The van der Waals surface area contributed by atoms with Crippen molar-refractivity contribution in [2.75, 3.05) is 0 Å². The van der Waals surface area contributed by atoms with Gasteiger partial charge >= 0.3 is 28.4 Å². The molecule has 0 atom stereocenters. The number of halogens is 4. The van der Waals surface area contributed by atoms with Crippen LogP contribution in [0.5, 0.6) is 0 Å². The van der Waals surface area contributed by atoms with E-state index in [0.29, 0.717) is 0 Å². The summed E-state index contributed by atoms with van der Waals surface area (Å²) in [7, 11) is 0. The number of benzene rings is 6. The van der Waals surface area contributed by atoms with Gasteiger partial charge in [-0.25, -0.2) is 12.2 Å². The van der Waals surface area contributed by atoms with Gasteiger partial charge in [-0.1, -0.05) is 141 Å². The Morgan fingerprint density at radius 1 is 0.567 bits per heavy atom. The SMILES string of the molecule is CC(C)(C)c1[c-]c2c(cc1C(C)(C)C)-c1cc(C(C)(C)C)c(C(C)(C)C)cc1C2.Cl.Cl.Clc1cc[c-]c2ccccc12.Clc1cc[c-]c2ccccc12.[C-]1=CC=CC1.[CH2]=[Zr]. The van der Waals surface area contributed by atoms with Crippen LogP contribution >= 0.6 is 48.0 Å². The van der Waals surface area contributed by atoms with Gasteiger partial charge < -0.3 is 0 Å². The van der Waals surface area contributed by atoms with E-state index in [1.165, 1.54) is 68.7 Å². The first-order valence-electron chi connectivity index (χ1n) is 20.1. The van der Waals surface area contributed by atoms with Gasteiger partial charge in [0.05, 0.1) is 0 Å². The predicted octanol–water partition coefficient (Wildman–Crippen LogP) is 16.9. The Kier molecular flexibility index (Phi) is 20.1. The summed E-state index contributed by atoms with van der Waals surface area (Å²) in [5, 5.41) is 5.85. The molecule has 0 spiro atoms. The van der Waals surface area contributed by atoms with Crippen LogP contribution in [0, 0.1) is 24.3 Å². The van der Waals surface area contributed by atoms with Crippen molar-refractivity contribution in [3.63, 3.8) is 0 Å². The maximum absolute atomic E-state index is 5.94. The van der Waals surface area contributed by atoms with Gasteiger partial charge in [0, 0.05) is 0 Å². The monoisotopic (exact) mass is 952 g/mol. The summed E-state index contributed by atoms with van der Waals surface area (Å²) in [6.07, 6.45) is 11.0. The van der Waals surface area contributed by atoms with Crippen LogP contribution in [0.25, 0.3) is 32.7 Å². The Balaban J connectivity index is 0.000000325. The van der Waals surface area contributed by atoms with Crippen LogP contribution < -0.4 is 0 Å². The normalized spacial score (nSPS) is 12.4.